The number of hydrogen-bond acceptors (Lipinski definition) is 1. The topological polar surface area (TPSA) is 9.23 Å². The molecule has 2 aromatic carbocycles. The van der Waals surface area contributed by atoms with Gasteiger partial charge in [-0.1, -0.05) is 63.6 Å². The lowest BCUT2D eigenvalue weighted by atomic mass is 9.87. The number of rotatable bonds is 5. The van der Waals surface area contributed by atoms with Crippen molar-refractivity contribution < 1.29 is 4.74 Å². The fourth-order valence-electron chi connectivity index (χ4n) is 4.03. The van der Waals surface area contributed by atoms with Crippen molar-refractivity contribution in [2.45, 2.75) is 70.8 Å². The molecule has 1 saturated carbocycles. The van der Waals surface area contributed by atoms with E-state index in [0.717, 1.165) is 29.5 Å². The first-order valence-electron chi connectivity index (χ1n) is 9.84. The van der Waals surface area contributed by atoms with Crippen molar-refractivity contribution in [3.8, 4) is 5.75 Å². The quantitative estimate of drug-likeness (QED) is 0.533. The highest BCUT2D eigenvalue weighted by Crippen LogP contribution is 2.37. The first-order chi connectivity index (χ1) is 12.3. The van der Waals surface area contributed by atoms with E-state index in [1.165, 1.54) is 24.0 Å². The van der Waals surface area contributed by atoms with Crippen LogP contribution in [0, 0.1) is 5.92 Å². The van der Waals surface area contributed by atoms with Gasteiger partial charge in [0.1, 0.15) is 5.75 Å². The molecule has 0 heterocycles. The largest absolute Gasteiger partial charge is 0.490 e. The third kappa shape index (κ3) is 5.04. The molecule has 0 bridgehead atoms. The van der Waals surface area contributed by atoms with Crippen molar-refractivity contribution in [3.63, 3.8) is 0 Å². The summed E-state index contributed by atoms with van der Waals surface area (Å²) in [5, 5.41) is 0.834. The standard InChI is InChI=1S/C24H31ClO/c1-17(19-7-5-9-21(25)15-19)13-18-11-12-23(14-18)26-22-10-6-8-20(16-22)24(2,3)4/h5-10,15-18,23H,11-14H2,1-4H3. The summed E-state index contributed by atoms with van der Waals surface area (Å²) in [6, 6.07) is 16.9. The highest BCUT2D eigenvalue weighted by atomic mass is 35.5. The van der Waals surface area contributed by atoms with Gasteiger partial charge in [-0.3, -0.25) is 0 Å². The lowest BCUT2D eigenvalue weighted by Crippen LogP contribution is -2.15. The summed E-state index contributed by atoms with van der Waals surface area (Å²) in [6.45, 7) is 9.05. The number of hydrogen-bond donors (Lipinski definition) is 0. The number of benzene rings is 2. The molecule has 0 N–H and O–H groups in total. The van der Waals surface area contributed by atoms with Crippen LogP contribution in [0.3, 0.4) is 0 Å². The molecule has 1 aliphatic rings. The molecule has 1 fully saturated rings. The van der Waals surface area contributed by atoms with Gasteiger partial charge in [0.05, 0.1) is 6.10 Å². The molecule has 0 spiro atoms. The van der Waals surface area contributed by atoms with Crippen LogP contribution in [0.15, 0.2) is 48.5 Å². The van der Waals surface area contributed by atoms with E-state index in [1.54, 1.807) is 0 Å². The van der Waals surface area contributed by atoms with Crippen molar-refractivity contribution in [2.24, 2.45) is 5.92 Å². The molecule has 0 aliphatic heterocycles. The average Bonchev–Trinajstić information content (AvgIpc) is 3.01. The van der Waals surface area contributed by atoms with E-state index in [9.17, 15) is 0 Å². The summed E-state index contributed by atoms with van der Waals surface area (Å²) < 4.78 is 6.33. The maximum atomic E-state index is 6.33. The molecule has 3 atom stereocenters. The van der Waals surface area contributed by atoms with E-state index in [2.05, 4.69) is 70.2 Å². The summed E-state index contributed by atoms with van der Waals surface area (Å²) in [4.78, 5) is 0. The van der Waals surface area contributed by atoms with Gasteiger partial charge in [0.2, 0.25) is 0 Å². The minimum Gasteiger partial charge on any atom is -0.490 e. The van der Waals surface area contributed by atoms with Crippen LogP contribution in [-0.2, 0) is 5.41 Å². The van der Waals surface area contributed by atoms with Crippen molar-refractivity contribution in [1.82, 2.24) is 0 Å². The predicted octanol–water partition coefficient (Wildman–Crippen LogP) is 7.38. The summed E-state index contributed by atoms with van der Waals surface area (Å²) in [5.74, 6) is 2.30. The highest BCUT2D eigenvalue weighted by molar-refractivity contribution is 6.30. The molecular formula is C24H31ClO. The summed E-state index contributed by atoms with van der Waals surface area (Å²) >= 11 is 6.14. The second-order valence-electron chi connectivity index (χ2n) is 8.89. The molecule has 2 aromatic rings. The molecule has 0 amide bonds. The molecule has 1 aliphatic carbocycles. The normalized spacial score (nSPS) is 21.6. The minimum absolute atomic E-state index is 0.157. The molecule has 1 nitrogen and oxygen atoms in total. The number of halogens is 1. The van der Waals surface area contributed by atoms with Gasteiger partial charge in [-0.15, -0.1) is 0 Å². The summed E-state index contributed by atoms with van der Waals surface area (Å²) in [7, 11) is 0. The van der Waals surface area contributed by atoms with Crippen molar-refractivity contribution in [1.29, 1.82) is 0 Å². The first kappa shape index (κ1) is 19.3. The molecule has 26 heavy (non-hydrogen) atoms. The lowest BCUT2D eigenvalue weighted by Gasteiger charge is -2.21. The van der Waals surface area contributed by atoms with Crippen LogP contribution in [0.25, 0.3) is 0 Å². The van der Waals surface area contributed by atoms with Gasteiger partial charge in [-0.2, -0.15) is 0 Å². The van der Waals surface area contributed by atoms with Crippen molar-refractivity contribution in [3.05, 3.63) is 64.7 Å². The zero-order chi connectivity index (χ0) is 18.7. The van der Waals surface area contributed by atoms with Gasteiger partial charge >= 0.3 is 0 Å². The van der Waals surface area contributed by atoms with Gasteiger partial charge in [0, 0.05) is 5.02 Å². The second kappa shape index (κ2) is 8.05. The van der Waals surface area contributed by atoms with E-state index in [-0.39, 0.29) is 5.41 Å². The van der Waals surface area contributed by atoms with Gasteiger partial charge in [-0.25, -0.2) is 0 Å². The SMILES string of the molecule is CC(CC1CCC(Oc2cccc(C(C)(C)C)c2)C1)c1cccc(Cl)c1. The Morgan fingerprint density at radius 3 is 2.58 bits per heavy atom. The zero-order valence-corrected chi connectivity index (χ0v) is 17.2. The van der Waals surface area contributed by atoms with Crippen LogP contribution in [0.1, 0.15) is 70.4 Å². The van der Waals surface area contributed by atoms with Gasteiger partial charge in [-0.05, 0) is 78.3 Å². The molecular weight excluding hydrogens is 340 g/mol. The number of ether oxygens (including phenoxy) is 1. The van der Waals surface area contributed by atoms with Gasteiger partial charge in [0.25, 0.3) is 0 Å². The molecule has 2 heteroatoms. The zero-order valence-electron chi connectivity index (χ0n) is 16.5. The van der Waals surface area contributed by atoms with E-state index >= 15 is 0 Å². The summed E-state index contributed by atoms with van der Waals surface area (Å²) in [6.07, 6.45) is 5.13. The van der Waals surface area contributed by atoms with Crippen molar-refractivity contribution >= 4 is 11.6 Å². The minimum atomic E-state index is 0.157. The van der Waals surface area contributed by atoms with Gasteiger partial charge < -0.3 is 4.74 Å². The summed E-state index contributed by atoms with van der Waals surface area (Å²) in [5.41, 5.74) is 2.84. The fraction of sp³-hybridized carbons (Fsp3) is 0.500. The molecule has 140 valence electrons. The Hall–Kier alpha value is -1.47. The highest BCUT2D eigenvalue weighted by Gasteiger charge is 2.28. The molecule has 0 saturated heterocycles. The molecule has 3 rings (SSSR count). The van der Waals surface area contributed by atoms with Crippen LogP contribution in [-0.4, -0.2) is 6.10 Å². The van der Waals surface area contributed by atoms with Crippen LogP contribution in [0.2, 0.25) is 5.02 Å². The van der Waals surface area contributed by atoms with Crippen molar-refractivity contribution in [2.75, 3.05) is 0 Å². The lowest BCUT2D eigenvalue weighted by molar-refractivity contribution is 0.202. The Kier molecular flexibility index (Phi) is 5.97. The van der Waals surface area contributed by atoms with Crippen LogP contribution in [0.5, 0.6) is 5.75 Å². The van der Waals surface area contributed by atoms with E-state index in [4.69, 9.17) is 16.3 Å². The molecule has 0 aromatic heterocycles. The van der Waals surface area contributed by atoms with Gasteiger partial charge in [0.15, 0.2) is 0 Å². The molecule has 3 unspecified atom stereocenters. The second-order valence-corrected chi connectivity index (χ2v) is 9.32. The average molecular weight is 371 g/mol. The van der Waals surface area contributed by atoms with E-state index in [0.29, 0.717) is 12.0 Å². The van der Waals surface area contributed by atoms with E-state index < -0.39 is 0 Å². The van der Waals surface area contributed by atoms with E-state index in [1.807, 2.05) is 6.07 Å². The first-order valence-corrected chi connectivity index (χ1v) is 10.2. The Morgan fingerprint density at radius 2 is 1.85 bits per heavy atom. The maximum Gasteiger partial charge on any atom is 0.120 e. The third-order valence-electron chi connectivity index (χ3n) is 5.60. The Labute approximate surface area is 163 Å². The fourth-order valence-corrected chi connectivity index (χ4v) is 4.23. The monoisotopic (exact) mass is 370 g/mol. The Bertz CT molecular complexity index is 731. The Morgan fingerprint density at radius 1 is 1.08 bits per heavy atom. The predicted molar refractivity (Wildman–Crippen MR) is 111 cm³/mol. The van der Waals surface area contributed by atoms with Crippen LogP contribution in [0.4, 0.5) is 0 Å². The maximum absolute atomic E-state index is 6.33. The van der Waals surface area contributed by atoms with Crippen LogP contribution < -0.4 is 4.74 Å². The Balaban J connectivity index is 1.56. The third-order valence-corrected chi connectivity index (χ3v) is 5.84. The smallest absolute Gasteiger partial charge is 0.120 e. The van der Waals surface area contributed by atoms with Crippen LogP contribution >= 0.6 is 11.6 Å². The molecule has 0 radical (unpaired) electrons.